The molecule has 0 aromatic carbocycles. The Kier molecular flexibility index (Phi) is 3.53. The Morgan fingerprint density at radius 1 is 1.30 bits per heavy atom. The topological polar surface area (TPSA) is 119 Å². The highest BCUT2D eigenvalue weighted by Crippen LogP contribution is 2.40. The van der Waals surface area contributed by atoms with E-state index in [2.05, 4.69) is 0 Å². The van der Waals surface area contributed by atoms with Crippen molar-refractivity contribution in [3.63, 3.8) is 0 Å². The minimum Gasteiger partial charge on any atom is -0.545 e. The molecule has 0 atom stereocenters. The maximum atomic E-state index is 11.3. The summed E-state index contributed by atoms with van der Waals surface area (Å²) in [4.78, 5) is 33.4. The van der Waals surface area contributed by atoms with Gasteiger partial charge in [0.2, 0.25) is 0 Å². The van der Waals surface area contributed by atoms with Crippen LogP contribution in [0.15, 0.2) is 0 Å². The third kappa shape index (κ3) is 2.66. The number of hydrogen-bond acceptors (Lipinski definition) is 7. The number of amides is 1. The molecule has 1 aromatic rings. The van der Waals surface area contributed by atoms with E-state index < -0.39 is 23.4 Å². The normalized spacial score (nSPS) is 16.3. The summed E-state index contributed by atoms with van der Waals surface area (Å²) in [5.74, 6) is -4.79. The number of anilines is 1. The molecule has 20 heavy (non-hydrogen) atoms. The molecule has 0 fully saturated rings. The van der Waals surface area contributed by atoms with Crippen LogP contribution in [0.25, 0.3) is 0 Å². The Morgan fingerprint density at radius 2 is 1.95 bits per heavy atom. The van der Waals surface area contributed by atoms with E-state index in [0.29, 0.717) is 16.9 Å². The van der Waals surface area contributed by atoms with Gasteiger partial charge in [0, 0.05) is 16.9 Å². The molecule has 0 spiro atoms. The third-order valence-electron chi connectivity index (χ3n) is 2.90. The quantitative estimate of drug-likeness (QED) is 0.674. The molecule has 1 aliphatic heterocycles. The van der Waals surface area contributed by atoms with Crippen molar-refractivity contribution < 1.29 is 29.3 Å². The molecule has 0 unspecified atom stereocenters. The predicted octanol–water partition coefficient (Wildman–Crippen LogP) is -1.35. The first-order valence-electron chi connectivity index (χ1n) is 5.73. The summed E-state index contributed by atoms with van der Waals surface area (Å²) in [5, 5.41) is 23.6. The van der Waals surface area contributed by atoms with Gasteiger partial charge in [0.05, 0.1) is 18.2 Å². The van der Waals surface area contributed by atoms with Gasteiger partial charge in [-0.3, -0.25) is 4.79 Å². The SMILES string of the molecule is CC1(C)Cc2c(sc(NC(=O)C(=O)[O-])c2C(=O)[O-])CO1. The average molecular weight is 297 g/mol. The van der Waals surface area contributed by atoms with E-state index in [-0.39, 0.29) is 17.2 Å². The summed E-state index contributed by atoms with van der Waals surface area (Å²) in [6.07, 6.45) is 0.337. The van der Waals surface area contributed by atoms with Crippen LogP contribution < -0.4 is 15.5 Å². The van der Waals surface area contributed by atoms with Crippen molar-refractivity contribution >= 4 is 34.2 Å². The van der Waals surface area contributed by atoms with Crippen LogP contribution in [0.1, 0.15) is 34.6 Å². The van der Waals surface area contributed by atoms with E-state index in [4.69, 9.17) is 4.74 Å². The summed E-state index contributed by atoms with van der Waals surface area (Å²) < 4.78 is 5.55. The molecule has 108 valence electrons. The van der Waals surface area contributed by atoms with Crippen molar-refractivity contribution in [3.05, 3.63) is 16.0 Å². The first-order valence-corrected chi connectivity index (χ1v) is 6.55. The lowest BCUT2D eigenvalue weighted by Crippen LogP contribution is -2.37. The first-order chi connectivity index (χ1) is 9.21. The highest BCUT2D eigenvalue weighted by molar-refractivity contribution is 7.17. The number of carbonyl (C=O) groups excluding carboxylic acids is 3. The van der Waals surface area contributed by atoms with Crippen molar-refractivity contribution in [2.75, 3.05) is 5.32 Å². The fraction of sp³-hybridized carbons (Fsp3) is 0.417. The molecule has 0 aliphatic carbocycles. The van der Waals surface area contributed by atoms with Crippen LogP contribution in [-0.2, 0) is 27.4 Å². The standard InChI is InChI=1S/C12H13NO6S/c1-12(2)3-5-6(4-19-12)20-9(7(5)10(15)16)13-8(14)11(17)18/h3-4H2,1-2H3,(H,13,14)(H,15,16)(H,17,18)/p-2. The monoisotopic (exact) mass is 297 g/mol. The molecule has 0 radical (unpaired) electrons. The zero-order chi connectivity index (χ0) is 15.1. The molecular formula is C12H11NO6S-2. The van der Waals surface area contributed by atoms with Crippen LogP contribution in [0.2, 0.25) is 0 Å². The number of aromatic carboxylic acids is 1. The molecule has 8 heteroatoms. The molecule has 1 aliphatic rings. The predicted molar refractivity (Wildman–Crippen MR) is 64.9 cm³/mol. The van der Waals surface area contributed by atoms with Crippen molar-refractivity contribution in [3.8, 4) is 0 Å². The van der Waals surface area contributed by atoms with Crippen LogP contribution in [0.3, 0.4) is 0 Å². The van der Waals surface area contributed by atoms with E-state index in [1.807, 2.05) is 19.2 Å². The molecule has 7 nitrogen and oxygen atoms in total. The fourth-order valence-electron chi connectivity index (χ4n) is 2.01. The molecule has 0 saturated carbocycles. The maximum absolute atomic E-state index is 11.3. The van der Waals surface area contributed by atoms with Crippen LogP contribution in [0.4, 0.5) is 5.00 Å². The van der Waals surface area contributed by atoms with Crippen molar-refractivity contribution in [2.24, 2.45) is 0 Å². The van der Waals surface area contributed by atoms with Crippen molar-refractivity contribution in [1.82, 2.24) is 0 Å². The first kappa shape index (κ1) is 14.5. The Balaban J connectivity index is 2.44. The van der Waals surface area contributed by atoms with Gasteiger partial charge in [0.25, 0.3) is 5.91 Å². The number of thiophene rings is 1. The minimum atomic E-state index is -1.93. The van der Waals surface area contributed by atoms with E-state index in [9.17, 15) is 24.6 Å². The van der Waals surface area contributed by atoms with Gasteiger partial charge in [0.15, 0.2) is 0 Å². The molecule has 2 rings (SSSR count). The van der Waals surface area contributed by atoms with Crippen LogP contribution in [-0.4, -0.2) is 23.4 Å². The summed E-state index contributed by atoms with van der Waals surface area (Å²) in [6.45, 7) is 3.83. The number of carboxylic acids is 2. The van der Waals surface area contributed by atoms with Gasteiger partial charge in [-0.25, -0.2) is 0 Å². The van der Waals surface area contributed by atoms with E-state index >= 15 is 0 Å². The van der Waals surface area contributed by atoms with Gasteiger partial charge in [-0.1, -0.05) is 0 Å². The average Bonchev–Trinajstić information content (AvgIpc) is 2.64. The second kappa shape index (κ2) is 4.88. The molecule has 1 amide bonds. The second-order valence-corrected chi connectivity index (χ2v) is 6.07. The Morgan fingerprint density at radius 3 is 2.50 bits per heavy atom. The molecular weight excluding hydrogens is 286 g/mol. The van der Waals surface area contributed by atoms with E-state index in [1.165, 1.54) is 0 Å². The lowest BCUT2D eigenvalue weighted by molar-refractivity contribution is -0.299. The molecule has 1 N–H and O–H groups in total. The molecule has 2 heterocycles. The Hall–Kier alpha value is -1.93. The Labute approximate surface area is 118 Å². The highest BCUT2D eigenvalue weighted by atomic mass is 32.1. The van der Waals surface area contributed by atoms with Gasteiger partial charge in [-0.05, 0) is 19.4 Å². The van der Waals surface area contributed by atoms with Crippen LogP contribution in [0, 0.1) is 0 Å². The zero-order valence-corrected chi connectivity index (χ0v) is 11.6. The summed E-state index contributed by atoms with van der Waals surface area (Å²) in [6, 6.07) is 0. The number of rotatable bonds is 2. The van der Waals surface area contributed by atoms with Gasteiger partial charge < -0.3 is 29.9 Å². The largest absolute Gasteiger partial charge is 0.545 e. The maximum Gasteiger partial charge on any atom is 0.271 e. The number of ether oxygens (including phenoxy) is 1. The van der Waals surface area contributed by atoms with Gasteiger partial charge >= 0.3 is 0 Å². The third-order valence-corrected chi connectivity index (χ3v) is 4.02. The summed E-state index contributed by atoms with van der Waals surface area (Å²) in [5.41, 5.74) is -0.204. The number of aliphatic carboxylic acids is 1. The number of nitrogens with one attached hydrogen (secondary N) is 1. The number of fused-ring (bicyclic) bond motifs is 1. The van der Waals surface area contributed by atoms with E-state index in [0.717, 1.165) is 11.3 Å². The smallest absolute Gasteiger partial charge is 0.271 e. The summed E-state index contributed by atoms with van der Waals surface area (Å²) in [7, 11) is 0. The lowest BCUT2D eigenvalue weighted by atomic mass is 9.93. The number of carbonyl (C=O) groups is 3. The van der Waals surface area contributed by atoms with Gasteiger partial charge in [-0.2, -0.15) is 0 Å². The van der Waals surface area contributed by atoms with Crippen molar-refractivity contribution in [1.29, 1.82) is 0 Å². The fourth-order valence-corrected chi connectivity index (χ4v) is 3.13. The number of hydrogen-bond donors (Lipinski definition) is 1. The molecule has 0 bridgehead atoms. The van der Waals surface area contributed by atoms with E-state index in [1.54, 1.807) is 0 Å². The molecule has 1 aromatic heterocycles. The van der Waals surface area contributed by atoms with Gasteiger partial charge in [-0.15, -0.1) is 11.3 Å². The lowest BCUT2D eigenvalue weighted by Gasteiger charge is -2.30. The van der Waals surface area contributed by atoms with Crippen LogP contribution in [0.5, 0.6) is 0 Å². The number of carboxylic acid groups (broad SMARTS) is 2. The van der Waals surface area contributed by atoms with Gasteiger partial charge in [0.1, 0.15) is 11.0 Å². The highest BCUT2D eigenvalue weighted by Gasteiger charge is 2.31. The molecule has 0 saturated heterocycles. The minimum absolute atomic E-state index is 0.0644. The van der Waals surface area contributed by atoms with Crippen LogP contribution >= 0.6 is 11.3 Å². The Bertz CT molecular complexity index is 603. The zero-order valence-electron chi connectivity index (χ0n) is 10.8. The summed E-state index contributed by atoms with van der Waals surface area (Å²) >= 11 is 0.968. The second-order valence-electron chi connectivity index (χ2n) is 4.96. The van der Waals surface area contributed by atoms with Crippen molar-refractivity contribution in [2.45, 2.75) is 32.5 Å².